The molecule has 1 saturated carbocycles. The molecule has 0 bridgehead atoms. The van der Waals surface area contributed by atoms with E-state index < -0.39 is 0 Å². The van der Waals surface area contributed by atoms with E-state index in [0.717, 1.165) is 50.7 Å². The Morgan fingerprint density at radius 2 is 2.03 bits per heavy atom. The second-order valence-corrected chi connectivity index (χ2v) is 8.87. The highest BCUT2D eigenvalue weighted by Gasteiger charge is 2.48. The average molecular weight is 406 g/mol. The molecule has 0 aromatic carbocycles. The van der Waals surface area contributed by atoms with Crippen molar-refractivity contribution in [2.24, 2.45) is 0 Å². The minimum absolute atomic E-state index is 0.0696. The average Bonchev–Trinajstić information content (AvgIpc) is 3.24. The van der Waals surface area contributed by atoms with Gasteiger partial charge in [0.25, 0.3) is 0 Å². The third-order valence-electron chi connectivity index (χ3n) is 6.98. The summed E-state index contributed by atoms with van der Waals surface area (Å²) in [5, 5.41) is 9.11. The second-order valence-electron chi connectivity index (χ2n) is 8.87. The minimum atomic E-state index is 0.0696. The summed E-state index contributed by atoms with van der Waals surface area (Å²) in [6.45, 7) is 0.841. The highest BCUT2D eigenvalue weighted by atomic mass is 16.5. The van der Waals surface area contributed by atoms with Crippen LogP contribution in [0, 0.1) is 11.3 Å². The molecule has 2 aromatic heterocycles. The summed E-state index contributed by atoms with van der Waals surface area (Å²) in [4.78, 5) is 9.03. The molecule has 1 aliphatic heterocycles. The van der Waals surface area contributed by atoms with Crippen LogP contribution in [0.15, 0.2) is 36.7 Å². The van der Waals surface area contributed by atoms with E-state index in [0.29, 0.717) is 11.4 Å². The third kappa shape index (κ3) is 4.34. The van der Waals surface area contributed by atoms with Crippen LogP contribution in [-0.4, -0.2) is 29.3 Å². The monoisotopic (exact) mass is 405 g/mol. The summed E-state index contributed by atoms with van der Waals surface area (Å²) in [5.74, 6) is 0.563. The molecule has 2 aliphatic rings. The van der Waals surface area contributed by atoms with Crippen molar-refractivity contribution in [1.82, 2.24) is 9.97 Å². The molecular weight excluding hydrogens is 374 g/mol. The lowest BCUT2D eigenvalue weighted by molar-refractivity contribution is -0.104. The predicted octanol–water partition coefficient (Wildman–Crippen LogP) is 5.13. The van der Waals surface area contributed by atoms with Crippen molar-refractivity contribution < 1.29 is 9.47 Å². The number of unbranched alkanes of at least 4 members (excludes halogenated alkanes) is 1. The van der Waals surface area contributed by atoms with E-state index in [4.69, 9.17) is 19.7 Å². The van der Waals surface area contributed by atoms with Crippen LogP contribution in [0.25, 0.3) is 0 Å². The highest BCUT2D eigenvalue weighted by Crippen LogP contribution is 2.50. The third-order valence-corrected chi connectivity index (χ3v) is 6.98. The number of rotatable bonds is 7. The molecule has 2 aromatic rings. The van der Waals surface area contributed by atoms with E-state index in [1.165, 1.54) is 31.4 Å². The minimum Gasteiger partial charge on any atom is -0.494 e. The first-order valence-electron chi connectivity index (χ1n) is 11.2. The van der Waals surface area contributed by atoms with Gasteiger partial charge in [0.1, 0.15) is 6.07 Å². The van der Waals surface area contributed by atoms with E-state index in [1.54, 1.807) is 13.3 Å². The highest BCUT2D eigenvalue weighted by molar-refractivity contribution is 5.39. The van der Waals surface area contributed by atoms with E-state index in [9.17, 15) is 0 Å². The summed E-state index contributed by atoms with van der Waals surface area (Å²) >= 11 is 0. The molecule has 1 aliphatic carbocycles. The molecule has 0 radical (unpaired) electrons. The fourth-order valence-electron chi connectivity index (χ4n) is 5.45. The molecule has 30 heavy (non-hydrogen) atoms. The van der Waals surface area contributed by atoms with Crippen molar-refractivity contribution in [3.63, 3.8) is 0 Å². The normalized spacial score (nSPS) is 22.7. The zero-order valence-corrected chi connectivity index (χ0v) is 17.9. The van der Waals surface area contributed by atoms with Gasteiger partial charge in [0.15, 0.2) is 11.4 Å². The Morgan fingerprint density at radius 3 is 2.77 bits per heavy atom. The van der Waals surface area contributed by atoms with Gasteiger partial charge in [0.05, 0.1) is 12.7 Å². The van der Waals surface area contributed by atoms with Gasteiger partial charge >= 0.3 is 0 Å². The molecule has 3 heterocycles. The first-order chi connectivity index (χ1) is 14.7. The van der Waals surface area contributed by atoms with Crippen molar-refractivity contribution in [3.8, 4) is 11.8 Å². The summed E-state index contributed by atoms with van der Waals surface area (Å²) in [5.41, 5.74) is 2.89. The van der Waals surface area contributed by atoms with Crippen LogP contribution in [0.2, 0.25) is 0 Å². The van der Waals surface area contributed by atoms with Crippen LogP contribution < -0.4 is 4.74 Å². The van der Waals surface area contributed by atoms with Gasteiger partial charge in [-0.1, -0.05) is 25.3 Å². The number of hydrogen-bond acceptors (Lipinski definition) is 5. The molecule has 1 spiro atoms. The second kappa shape index (κ2) is 9.14. The maximum Gasteiger partial charge on any atom is 0.182 e. The van der Waals surface area contributed by atoms with Crippen molar-refractivity contribution in [2.45, 2.75) is 75.2 Å². The lowest BCUT2D eigenvalue weighted by Gasteiger charge is -2.46. The largest absolute Gasteiger partial charge is 0.494 e. The van der Waals surface area contributed by atoms with Crippen LogP contribution in [0.4, 0.5) is 0 Å². The first kappa shape index (κ1) is 20.8. The number of nitriles is 1. The molecule has 1 saturated heterocycles. The molecule has 0 unspecified atom stereocenters. The number of nitrogens with zero attached hydrogens (tertiary/aromatic N) is 3. The number of ether oxygens (including phenoxy) is 2. The Labute approximate surface area is 179 Å². The van der Waals surface area contributed by atoms with Gasteiger partial charge in [-0.3, -0.25) is 4.98 Å². The predicted molar refractivity (Wildman–Crippen MR) is 115 cm³/mol. The van der Waals surface area contributed by atoms with Gasteiger partial charge in [-0.25, -0.2) is 4.98 Å². The van der Waals surface area contributed by atoms with Gasteiger partial charge < -0.3 is 9.47 Å². The summed E-state index contributed by atoms with van der Waals surface area (Å²) < 4.78 is 11.6. The Morgan fingerprint density at radius 1 is 1.17 bits per heavy atom. The maximum absolute atomic E-state index is 9.11. The Kier molecular flexibility index (Phi) is 6.34. The zero-order chi connectivity index (χ0) is 20.9. The van der Waals surface area contributed by atoms with Gasteiger partial charge in [0, 0.05) is 30.1 Å². The van der Waals surface area contributed by atoms with Crippen LogP contribution in [0.1, 0.15) is 74.7 Å². The van der Waals surface area contributed by atoms with Crippen molar-refractivity contribution >= 4 is 0 Å². The molecule has 2 fully saturated rings. The van der Waals surface area contributed by atoms with Crippen LogP contribution in [0.5, 0.6) is 5.75 Å². The molecule has 158 valence electrons. The van der Waals surface area contributed by atoms with Gasteiger partial charge in [-0.2, -0.15) is 5.26 Å². The summed E-state index contributed by atoms with van der Waals surface area (Å²) in [6.07, 6.45) is 15.1. The first-order valence-corrected chi connectivity index (χ1v) is 11.2. The Bertz CT molecular complexity index is 887. The topological polar surface area (TPSA) is 68.0 Å². The Hall–Kier alpha value is -2.45. The lowest BCUT2D eigenvalue weighted by Crippen LogP contribution is -2.46. The molecule has 4 rings (SSSR count). The molecule has 0 amide bonds. The quantitative estimate of drug-likeness (QED) is 0.597. The van der Waals surface area contributed by atoms with E-state index in [-0.39, 0.29) is 11.0 Å². The molecule has 1 atom stereocenters. The van der Waals surface area contributed by atoms with Gasteiger partial charge in [-0.05, 0) is 68.7 Å². The number of pyridine rings is 2. The number of aryl methyl sites for hydroxylation is 1. The summed E-state index contributed by atoms with van der Waals surface area (Å²) in [7, 11) is 1.59. The van der Waals surface area contributed by atoms with Gasteiger partial charge in [-0.15, -0.1) is 0 Å². The fourth-order valence-corrected chi connectivity index (χ4v) is 5.45. The lowest BCUT2D eigenvalue weighted by atomic mass is 9.67. The van der Waals surface area contributed by atoms with Crippen LogP contribution >= 0.6 is 0 Å². The maximum atomic E-state index is 9.11. The number of methoxy groups -OCH3 is 1. The van der Waals surface area contributed by atoms with Crippen molar-refractivity contribution in [2.75, 3.05) is 13.7 Å². The molecule has 0 N–H and O–H groups in total. The fraction of sp³-hybridized carbons (Fsp3) is 0.560. The van der Waals surface area contributed by atoms with E-state index in [1.807, 2.05) is 18.3 Å². The van der Waals surface area contributed by atoms with E-state index in [2.05, 4.69) is 23.2 Å². The number of aromatic nitrogens is 2. The molecule has 5 heteroatoms. The Balaban J connectivity index is 1.44. The molecule has 5 nitrogen and oxygen atoms in total. The van der Waals surface area contributed by atoms with E-state index >= 15 is 0 Å². The van der Waals surface area contributed by atoms with Gasteiger partial charge in [0.2, 0.25) is 0 Å². The summed E-state index contributed by atoms with van der Waals surface area (Å²) in [6, 6.07) is 10.4. The zero-order valence-electron chi connectivity index (χ0n) is 17.9. The smallest absolute Gasteiger partial charge is 0.182 e. The van der Waals surface area contributed by atoms with Crippen LogP contribution in [-0.2, 0) is 16.6 Å². The van der Waals surface area contributed by atoms with Crippen molar-refractivity contribution in [3.05, 3.63) is 53.6 Å². The SMILES string of the molecule is COc1cc(CCCC[C@@]2(c3ccccn3)CCOC3(CCCC3)C2)cnc1C#N. The van der Waals surface area contributed by atoms with Crippen LogP contribution in [0.3, 0.4) is 0 Å². The van der Waals surface area contributed by atoms with Crippen molar-refractivity contribution in [1.29, 1.82) is 5.26 Å². The molecular formula is C25H31N3O2. The number of hydrogen-bond donors (Lipinski definition) is 0. The standard InChI is InChI=1S/C25H31N3O2/c1-29-22-16-20(18-28-21(22)17-26)8-2-4-10-24(23-9-3-7-14-27-23)13-15-30-25(19-24)11-5-6-12-25/h3,7,9,14,16,18H,2,4-6,8,10-13,15,19H2,1H3/t24-/m1/s1.